The molecule has 0 aliphatic carbocycles. The molecule has 160 valence electrons. The summed E-state index contributed by atoms with van der Waals surface area (Å²) in [6.45, 7) is 10.1. The van der Waals surface area contributed by atoms with E-state index >= 15 is 0 Å². The maximum atomic E-state index is 12.7. The van der Waals surface area contributed by atoms with Crippen LogP contribution in [-0.4, -0.2) is 61.9 Å². The average molecular weight is 399 g/mol. The molecule has 8 heteroatoms. The van der Waals surface area contributed by atoms with Crippen molar-refractivity contribution in [1.29, 1.82) is 0 Å². The minimum atomic E-state index is -0.877. The summed E-state index contributed by atoms with van der Waals surface area (Å²) in [6, 6.07) is -0.397. The Bertz CT molecular complexity index is 597. The molecule has 2 N–H and O–H groups in total. The smallest absolute Gasteiger partial charge is 0.408 e. The maximum Gasteiger partial charge on any atom is 0.408 e. The van der Waals surface area contributed by atoms with Crippen LogP contribution in [0.3, 0.4) is 0 Å². The third-order valence-corrected chi connectivity index (χ3v) is 5.94. The van der Waals surface area contributed by atoms with E-state index in [4.69, 9.17) is 14.2 Å². The number of hydrogen-bond acceptors (Lipinski definition) is 7. The van der Waals surface area contributed by atoms with Crippen molar-refractivity contribution in [1.82, 2.24) is 10.6 Å². The van der Waals surface area contributed by atoms with Crippen LogP contribution in [0.5, 0.6) is 0 Å². The molecule has 0 aromatic carbocycles. The fourth-order valence-electron chi connectivity index (χ4n) is 4.21. The van der Waals surface area contributed by atoms with Crippen LogP contribution in [0.1, 0.15) is 47.5 Å². The van der Waals surface area contributed by atoms with E-state index in [1.54, 1.807) is 14.0 Å². The first kappa shape index (κ1) is 22.6. The molecule has 28 heavy (non-hydrogen) atoms. The van der Waals surface area contributed by atoms with Crippen molar-refractivity contribution in [2.75, 3.05) is 20.3 Å². The Labute approximate surface area is 167 Å². The average Bonchev–Trinajstić information content (AvgIpc) is 3.02. The Morgan fingerprint density at radius 1 is 1.11 bits per heavy atom. The minimum Gasteiger partial charge on any atom is -0.461 e. The summed E-state index contributed by atoms with van der Waals surface area (Å²) < 4.78 is 16.3. The fourth-order valence-corrected chi connectivity index (χ4v) is 4.21. The molecule has 4 unspecified atom stereocenters. The number of ether oxygens (including phenoxy) is 3. The third-order valence-electron chi connectivity index (χ3n) is 5.94. The van der Waals surface area contributed by atoms with Gasteiger partial charge in [-0.05, 0) is 46.1 Å². The third kappa shape index (κ3) is 5.44. The van der Waals surface area contributed by atoms with E-state index in [0.29, 0.717) is 6.42 Å². The normalized spacial score (nSPS) is 41.1. The highest BCUT2D eigenvalue weighted by molar-refractivity contribution is 5.99. The number of esters is 1. The van der Waals surface area contributed by atoms with Gasteiger partial charge in [-0.25, -0.2) is 4.79 Å². The number of methoxy groups -OCH3 is 1. The second kappa shape index (κ2) is 9.22. The summed E-state index contributed by atoms with van der Waals surface area (Å²) >= 11 is 0. The van der Waals surface area contributed by atoms with Gasteiger partial charge < -0.3 is 24.8 Å². The van der Waals surface area contributed by atoms with E-state index in [9.17, 15) is 14.4 Å². The number of cyclic esters (lactones) is 1. The zero-order chi connectivity index (χ0) is 21.1. The van der Waals surface area contributed by atoms with Gasteiger partial charge >= 0.3 is 12.1 Å². The number of carbonyl (C=O) groups excluding carboxylic acids is 3. The predicted molar refractivity (Wildman–Crippen MR) is 103 cm³/mol. The Balaban J connectivity index is 2.23. The highest BCUT2D eigenvalue weighted by atomic mass is 16.6. The van der Waals surface area contributed by atoms with Gasteiger partial charge in [-0.3, -0.25) is 9.59 Å². The van der Waals surface area contributed by atoms with Gasteiger partial charge in [0.15, 0.2) is 6.10 Å². The number of alkyl carbamates (subject to hydrolysis) is 1. The molecule has 0 aromatic heterocycles. The van der Waals surface area contributed by atoms with E-state index in [0.717, 1.165) is 13.0 Å². The molecule has 0 spiro atoms. The number of Topliss-reactive ketones (excluding diaryl/α,β-unsaturated/α-hetero) is 1. The fraction of sp³-hybridized carbons (Fsp3) is 0.850. The summed E-state index contributed by atoms with van der Waals surface area (Å²) in [5.74, 6) is -1.69. The molecule has 1 amide bonds. The first-order valence-corrected chi connectivity index (χ1v) is 10.0. The minimum absolute atomic E-state index is 0.0745. The molecular weight excluding hydrogens is 364 g/mol. The Hall–Kier alpha value is -1.67. The first-order chi connectivity index (χ1) is 13.1. The number of ketones is 1. The molecule has 0 bridgehead atoms. The van der Waals surface area contributed by atoms with Crippen LogP contribution >= 0.6 is 0 Å². The van der Waals surface area contributed by atoms with Gasteiger partial charge in [0.25, 0.3) is 0 Å². The summed E-state index contributed by atoms with van der Waals surface area (Å²) in [4.78, 5) is 36.8. The highest BCUT2D eigenvalue weighted by Crippen LogP contribution is 2.30. The molecule has 8 nitrogen and oxygen atoms in total. The molecular formula is C20H34N2O6. The van der Waals surface area contributed by atoms with Crippen LogP contribution in [0, 0.1) is 17.8 Å². The lowest BCUT2D eigenvalue weighted by molar-refractivity contribution is -0.155. The Kier molecular flexibility index (Phi) is 7.45. The van der Waals surface area contributed by atoms with E-state index in [-0.39, 0.29) is 36.3 Å². The van der Waals surface area contributed by atoms with Crippen molar-refractivity contribution in [2.24, 2.45) is 17.8 Å². The Morgan fingerprint density at radius 3 is 2.43 bits per heavy atom. The van der Waals surface area contributed by atoms with Gasteiger partial charge in [-0.15, -0.1) is 0 Å². The van der Waals surface area contributed by atoms with Gasteiger partial charge in [0.05, 0.1) is 11.6 Å². The maximum absolute atomic E-state index is 12.7. The highest BCUT2D eigenvalue weighted by Gasteiger charge is 2.40. The molecule has 2 saturated heterocycles. The largest absolute Gasteiger partial charge is 0.461 e. The summed E-state index contributed by atoms with van der Waals surface area (Å²) in [5, 5.41) is 6.21. The monoisotopic (exact) mass is 398 g/mol. The number of rotatable bonds is 1. The van der Waals surface area contributed by atoms with Gasteiger partial charge in [-0.1, -0.05) is 13.8 Å². The molecule has 7 atom stereocenters. The summed E-state index contributed by atoms with van der Waals surface area (Å²) in [7, 11) is 1.65. The molecule has 2 aliphatic rings. The van der Waals surface area contributed by atoms with Crippen molar-refractivity contribution in [3.8, 4) is 0 Å². The molecule has 2 heterocycles. The number of amides is 1. The molecule has 2 rings (SSSR count). The molecule has 0 saturated carbocycles. The van der Waals surface area contributed by atoms with Crippen molar-refractivity contribution < 1.29 is 28.6 Å². The van der Waals surface area contributed by atoms with Crippen molar-refractivity contribution in [3.63, 3.8) is 0 Å². The standard InChI is InChI=1S/C20H34N2O6/c1-11-7-20(5,26-6)8-12(2)17(23)13(3)18(24)27-10-15-16(14(4)21-9-11)22-19(25)28-15/h11-16,21H,7-10H2,1-6H3,(H,22,25)/t11-,12-,13?,14?,15?,16?,20-/m1/s1. The van der Waals surface area contributed by atoms with Crippen LogP contribution in [0.2, 0.25) is 0 Å². The predicted octanol–water partition coefficient (Wildman–Crippen LogP) is 1.66. The summed E-state index contributed by atoms with van der Waals surface area (Å²) in [6.07, 6.45) is 0.169. The zero-order valence-electron chi connectivity index (χ0n) is 17.7. The molecule has 2 aliphatic heterocycles. The Morgan fingerprint density at radius 2 is 1.79 bits per heavy atom. The van der Waals surface area contributed by atoms with Gasteiger partial charge in [-0.2, -0.15) is 0 Å². The number of hydrogen-bond donors (Lipinski definition) is 2. The first-order valence-electron chi connectivity index (χ1n) is 10.0. The van der Waals surface area contributed by atoms with E-state index in [1.165, 1.54) is 0 Å². The van der Waals surface area contributed by atoms with Crippen LogP contribution in [-0.2, 0) is 23.8 Å². The van der Waals surface area contributed by atoms with Gasteiger partial charge in [0, 0.05) is 19.1 Å². The van der Waals surface area contributed by atoms with Crippen LogP contribution < -0.4 is 10.6 Å². The van der Waals surface area contributed by atoms with Crippen molar-refractivity contribution in [2.45, 2.75) is 71.2 Å². The number of carbonyl (C=O) groups is 3. The van der Waals surface area contributed by atoms with Gasteiger partial charge in [0.2, 0.25) is 0 Å². The second-order valence-electron chi connectivity index (χ2n) is 8.63. The van der Waals surface area contributed by atoms with Crippen LogP contribution in [0.15, 0.2) is 0 Å². The molecule has 2 fully saturated rings. The number of fused-ring (bicyclic) bond motifs is 1. The molecule has 0 radical (unpaired) electrons. The zero-order valence-corrected chi connectivity index (χ0v) is 17.7. The second-order valence-corrected chi connectivity index (χ2v) is 8.63. The van der Waals surface area contributed by atoms with Crippen LogP contribution in [0.25, 0.3) is 0 Å². The van der Waals surface area contributed by atoms with Crippen molar-refractivity contribution >= 4 is 17.8 Å². The lowest BCUT2D eigenvalue weighted by Gasteiger charge is -2.34. The van der Waals surface area contributed by atoms with Crippen molar-refractivity contribution in [3.05, 3.63) is 0 Å². The van der Waals surface area contributed by atoms with Crippen LogP contribution in [0.4, 0.5) is 4.79 Å². The SMILES string of the molecule is CO[C@]1(C)C[C@@H](C)CNC(C)C2NC(=O)OC2COC(=O)C(C)C(=O)[C@H](C)C1. The lowest BCUT2D eigenvalue weighted by atomic mass is 9.81. The van der Waals surface area contributed by atoms with E-state index < -0.39 is 29.7 Å². The van der Waals surface area contributed by atoms with Gasteiger partial charge in [0.1, 0.15) is 18.3 Å². The molecule has 0 aromatic rings. The number of nitrogens with one attached hydrogen (secondary N) is 2. The van der Waals surface area contributed by atoms with E-state index in [1.807, 2.05) is 20.8 Å². The summed E-state index contributed by atoms with van der Waals surface area (Å²) in [5.41, 5.74) is -0.476. The lowest BCUT2D eigenvalue weighted by Crippen LogP contribution is -2.51. The quantitative estimate of drug-likeness (QED) is 0.511. The van der Waals surface area contributed by atoms with E-state index in [2.05, 4.69) is 17.6 Å². The topological polar surface area (TPSA) is 103 Å².